The number of carbonyl (C=O) groups is 1. The van der Waals surface area contributed by atoms with Gasteiger partial charge in [-0.05, 0) is 42.8 Å². The third-order valence-electron chi connectivity index (χ3n) is 5.37. The highest BCUT2D eigenvalue weighted by atomic mass is 32.1. The van der Waals surface area contributed by atoms with E-state index >= 15 is 0 Å². The van der Waals surface area contributed by atoms with Crippen LogP contribution >= 0.6 is 11.3 Å². The molecular formula is C25H27N3O2S. The minimum Gasteiger partial charge on any atom is -0.497 e. The first-order valence-electron chi connectivity index (χ1n) is 10.6. The lowest BCUT2D eigenvalue weighted by Gasteiger charge is -2.20. The van der Waals surface area contributed by atoms with Gasteiger partial charge in [0.05, 0.1) is 17.5 Å². The molecule has 0 aliphatic carbocycles. The number of methoxy groups -OCH3 is 1. The molecule has 1 amide bonds. The Morgan fingerprint density at radius 2 is 1.94 bits per heavy atom. The van der Waals surface area contributed by atoms with Crippen LogP contribution in [-0.4, -0.2) is 42.5 Å². The maximum atomic E-state index is 12.7. The van der Waals surface area contributed by atoms with E-state index in [1.807, 2.05) is 30.3 Å². The van der Waals surface area contributed by atoms with Gasteiger partial charge in [0.1, 0.15) is 10.6 Å². The summed E-state index contributed by atoms with van der Waals surface area (Å²) < 4.78 is 5.29. The summed E-state index contributed by atoms with van der Waals surface area (Å²) >= 11 is 1.43. The molecule has 4 rings (SSSR count). The number of nitrogens with zero attached hydrogens (tertiary/aromatic N) is 2. The van der Waals surface area contributed by atoms with Gasteiger partial charge in [-0.3, -0.25) is 9.69 Å². The second-order valence-corrected chi connectivity index (χ2v) is 8.55. The van der Waals surface area contributed by atoms with Gasteiger partial charge in [0.2, 0.25) is 0 Å². The van der Waals surface area contributed by atoms with Crippen LogP contribution in [0.15, 0.2) is 60.7 Å². The number of ether oxygens (including phenoxy) is 1. The van der Waals surface area contributed by atoms with Crippen molar-refractivity contribution in [2.45, 2.75) is 19.9 Å². The highest BCUT2D eigenvalue weighted by molar-refractivity contribution is 7.20. The third-order valence-corrected chi connectivity index (χ3v) is 6.41. The number of nitrogens with one attached hydrogen (secondary N) is 1. The molecule has 0 atom stereocenters. The Labute approximate surface area is 186 Å². The molecule has 0 spiro atoms. The number of hydrogen-bond acceptors (Lipinski definition) is 5. The number of amides is 1. The van der Waals surface area contributed by atoms with Crippen LogP contribution in [0, 0.1) is 0 Å². The summed E-state index contributed by atoms with van der Waals surface area (Å²) in [6.07, 6.45) is 0.916. The summed E-state index contributed by atoms with van der Waals surface area (Å²) in [6.45, 7) is 5.71. The Balaban J connectivity index is 1.34. The lowest BCUT2D eigenvalue weighted by Crippen LogP contribution is -2.29. The molecule has 0 aliphatic rings. The van der Waals surface area contributed by atoms with Crippen molar-refractivity contribution in [3.63, 3.8) is 0 Å². The summed E-state index contributed by atoms with van der Waals surface area (Å²) in [5.41, 5.74) is 2.19. The topological polar surface area (TPSA) is 54.5 Å². The summed E-state index contributed by atoms with van der Waals surface area (Å²) in [4.78, 5) is 21.3. The molecule has 31 heavy (non-hydrogen) atoms. The van der Waals surface area contributed by atoms with Gasteiger partial charge in [0.25, 0.3) is 5.91 Å². The van der Waals surface area contributed by atoms with Crippen LogP contribution in [0.1, 0.15) is 28.6 Å². The fourth-order valence-electron chi connectivity index (χ4n) is 3.63. The van der Waals surface area contributed by atoms with Crippen molar-refractivity contribution >= 4 is 38.4 Å². The zero-order chi connectivity index (χ0) is 21.6. The van der Waals surface area contributed by atoms with E-state index in [0.29, 0.717) is 11.4 Å². The molecule has 0 saturated carbocycles. The summed E-state index contributed by atoms with van der Waals surface area (Å²) in [5, 5.41) is 5.09. The number of fused-ring (bicyclic) bond motifs is 2. The van der Waals surface area contributed by atoms with Crippen LogP contribution in [0.2, 0.25) is 0 Å². The van der Waals surface area contributed by atoms with Crippen molar-refractivity contribution in [3.05, 3.63) is 71.1 Å². The summed E-state index contributed by atoms with van der Waals surface area (Å²) in [5.74, 6) is 0.748. The predicted molar refractivity (Wildman–Crippen MR) is 128 cm³/mol. The average Bonchev–Trinajstić information content (AvgIpc) is 3.22. The van der Waals surface area contributed by atoms with Crippen LogP contribution in [0.4, 0.5) is 0 Å². The Hall–Kier alpha value is -2.96. The predicted octanol–water partition coefficient (Wildman–Crippen LogP) is 5.10. The minimum atomic E-state index is -0.0317. The zero-order valence-corrected chi connectivity index (χ0v) is 18.7. The van der Waals surface area contributed by atoms with Gasteiger partial charge >= 0.3 is 0 Å². The molecule has 2 aromatic heterocycles. The Morgan fingerprint density at radius 1 is 1.10 bits per heavy atom. The summed E-state index contributed by atoms with van der Waals surface area (Å²) in [6, 6.07) is 20.3. The lowest BCUT2D eigenvalue weighted by atomic mass is 10.2. The molecule has 0 bridgehead atoms. The smallest absolute Gasteiger partial charge is 0.261 e. The molecule has 2 heterocycles. The number of carbonyl (C=O) groups excluding carboxylic acids is 1. The second-order valence-electron chi connectivity index (χ2n) is 7.52. The Morgan fingerprint density at radius 3 is 2.71 bits per heavy atom. The van der Waals surface area contributed by atoms with Gasteiger partial charge in [-0.25, -0.2) is 4.98 Å². The minimum absolute atomic E-state index is 0.0317. The highest BCUT2D eigenvalue weighted by Gasteiger charge is 2.12. The highest BCUT2D eigenvalue weighted by Crippen LogP contribution is 2.29. The SMILES string of the molecule is CCN(CCCNC(=O)c1cc2cc3ccc(OC)cc3nc2s1)Cc1ccccc1. The molecule has 0 aliphatic heterocycles. The van der Waals surface area contributed by atoms with Crippen molar-refractivity contribution in [2.75, 3.05) is 26.7 Å². The van der Waals surface area contributed by atoms with Crippen molar-refractivity contribution in [2.24, 2.45) is 0 Å². The van der Waals surface area contributed by atoms with Gasteiger partial charge in [-0.2, -0.15) is 0 Å². The fraction of sp³-hybridized carbons (Fsp3) is 0.280. The molecule has 0 unspecified atom stereocenters. The lowest BCUT2D eigenvalue weighted by molar-refractivity contribution is 0.0955. The quantitative estimate of drug-likeness (QED) is 0.373. The standard InChI is InChI=1S/C25H27N3O2S/c1-3-28(17-18-8-5-4-6-9-18)13-7-12-26-24(29)23-15-20-14-19-10-11-21(30-2)16-22(19)27-25(20)31-23/h4-6,8-11,14-16H,3,7,12-13,17H2,1-2H3,(H,26,29). The van der Waals surface area contributed by atoms with Gasteiger partial charge < -0.3 is 10.1 Å². The maximum absolute atomic E-state index is 12.7. The summed E-state index contributed by atoms with van der Waals surface area (Å²) in [7, 11) is 1.65. The zero-order valence-electron chi connectivity index (χ0n) is 17.9. The second kappa shape index (κ2) is 9.90. The van der Waals surface area contributed by atoms with E-state index in [-0.39, 0.29) is 5.91 Å². The molecule has 160 valence electrons. The van der Waals surface area contributed by atoms with Crippen LogP contribution in [-0.2, 0) is 6.54 Å². The van der Waals surface area contributed by atoms with E-state index in [1.54, 1.807) is 7.11 Å². The van der Waals surface area contributed by atoms with Gasteiger partial charge in [0, 0.05) is 36.5 Å². The third kappa shape index (κ3) is 5.21. The van der Waals surface area contributed by atoms with E-state index in [2.05, 4.69) is 47.5 Å². The molecule has 0 radical (unpaired) electrons. The van der Waals surface area contributed by atoms with E-state index in [9.17, 15) is 4.79 Å². The normalized spacial score (nSPS) is 11.3. The van der Waals surface area contributed by atoms with Crippen molar-refractivity contribution in [1.82, 2.24) is 15.2 Å². The first kappa shape index (κ1) is 21.3. The van der Waals surface area contributed by atoms with Crippen molar-refractivity contribution in [1.29, 1.82) is 0 Å². The van der Waals surface area contributed by atoms with E-state index in [4.69, 9.17) is 9.72 Å². The fourth-order valence-corrected chi connectivity index (χ4v) is 4.57. The molecule has 1 N–H and O–H groups in total. The largest absolute Gasteiger partial charge is 0.497 e. The first-order chi connectivity index (χ1) is 15.2. The first-order valence-corrected chi connectivity index (χ1v) is 11.4. The number of aromatic nitrogens is 1. The van der Waals surface area contributed by atoms with Crippen LogP contribution in [0.5, 0.6) is 5.75 Å². The van der Waals surface area contributed by atoms with Crippen molar-refractivity contribution < 1.29 is 9.53 Å². The van der Waals surface area contributed by atoms with E-state index < -0.39 is 0 Å². The van der Waals surface area contributed by atoms with Gasteiger partial charge in [0.15, 0.2) is 0 Å². The monoisotopic (exact) mass is 433 g/mol. The van der Waals surface area contributed by atoms with E-state index in [0.717, 1.165) is 52.9 Å². The average molecular weight is 434 g/mol. The maximum Gasteiger partial charge on any atom is 0.261 e. The molecule has 4 aromatic rings. The van der Waals surface area contributed by atoms with Gasteiger partial charge in [-0.15, -0.1) is 11.3 Å². The molecule has 6 heteroatoms. The van der Waals surface area contributed by atoms with Gasteiger partial charge in [-0.1, -0.05) is 37.3 Å². The van der Waals surface area contributed by atoms with Crippen LogP contribution < -0.4 is 10.1 Å². The Kier molecular flexibility index (Phi) is 6.79. The molecular weight excluding hydrogens is 406 g/mol. The number of thiophene rings is 1. The number of benzene rings is 2. The number of pyridine rings is 1. The van der Waals surface area contributed by atoms with Crippen LogP contribution in [0.3, 0.4) is 0 Å². The molecule has 0 saturated heterocycles. The number of hydrogen-bond donors (Lipinski definition) is 1. The molecule has 5 nitrogen and oxygen atoms in total. The van der Waals surface area contributed by atoms with Crippen LogP contribution in [0.25, 0.3) is 21.1 Å². The van der Waals surface area contributed by atoms with Crippen molar-refractivity contribution in [3.8, 4) is 5.75 Å². The molecule has 2 aromatic carbocycles. The Bertz CT molecular complexity index is 1170. The number of rotatable bonds is 9. The van der Waals surface area contributed by atoms with E-state index in [1.165, 1.54) is 16.9 Å². The molecule has 0 fully saturated rings.